The van der Waals surface area contributed by atoms with Crippen molar-refractivity contribution in [2.45, 2.75) is 37.9 Å². The SMILES string of the molecule is NC(CCCCCOCC(F)(F)F)c1ccccc1. The van der Waals surface area contributed by atoms with Gasteiger partial charge in [0, 0.05) is 12.6 Å². The molecule has 108 valence electrons. The van der Waals surface area contributed by atoms with Gasteiger partial charge >= 0.3 is 6.18 Å². The minimum atomic E-state index is -4.23. The van der Waals surface area contributed by atoms with Crippen LogP contribution in [0.5, 0.6) is 0 Å². The number of unbranched alkanes of at least 4 members (excludes halogenated alkanes) is 2. The Morgan fingerprint density at radius 1 is 1.05 bits per heavy atom. The Morgan fingerprint density at radius 3 is 2.37 bits per heavy atom. The van der Waals surface area contributed by atoms with Crippen LogP contribution in [0.15, 0.2) is 30.3 Å². The molecule has 0 aliphatic rings. The molecule has 1 aromatic rings. The number of ether oxygens (including phenoxy) is 1. The van der Waals surface area contributed by atoms with Crippen LogP contribution in [0.3, 0.4) is 0 Å². The molecule has 0 saturated carbocycles. The summed E-state index contributed by atoms with van der Waals surface area (Å²) in [5.74, 6) is 0. The van der Waals surface area contributed by atoms with Gasteiger partial charge in [0.15, 0.2) is 0 Å². The van der Waals surface area contributed by atoms with Crippen molar-refractivity contribution >= 4 is 0 Å². The van der Waals surface area contributed by atoms with E-state index in [9.17, 15) is 13.2 Å². The van der Waals surface area contributed by atoms with Crippen LogP contribution in [-0.2, 0) is 4.74 Å². The summed E-state index contributed by atoms with van der Waals surface area (Å²) in [4.78, 5) is 0. The zero-order valence-corrected chi connectivity index (χ0v) is 10.8. The molecule has 0 aromatic heterocycles. The van der Waals surface area contributed by atoms with Crippen LogP contribution in [0, 0.1) is 0 Å². The van der Waals surface area contributed by atoms with Crippen molar-refractivity contribution in [2.75, 3.05) is 13.2 Å². The fourth-order valence-corrected chi connectivity index (χ4v) is 1.80. The lowest BCUT2D eigenvalue weighted by molar-refractivity contribution is -0.174. The Hall–Kier alpha value is -1.07. The number of hydrogen-bond donors (Lipinski definition) is 1. The van der Waals surface area contributed by atoms with E-state index < -0.39 is 12.8 Å². The Labute approximate surface area is 111 Å². The van der Waals surface area contributed by atoms with Crippen LogP contribution >= 0.6 is 0 Å². The molecule has 0 heterocycles. The molecular weight excluding hydrogens is 255 g/mol. The van der Waals surface area contributed by atoms with Gasteiger partial charge in [-0.3, -0.25) is 0 Å². The molecule has 0 saturated heterocycles. The summed E-state index contributed by atoms with van der Waals surface area (Å²) < 4.78 is 39.9. The first-order chi connectivity index (χ1) is 8.99. The highest BCUT2D eigenvalue weighted by Crippen LogP contribution is 2.17. The number of rotatable bonds is 8. The van der Waals surface area contributed by atoms with Gasteiger partial charge in [-0.15, -0.1) is 0 Å². The van der Waals surface area contributed by atoms with E-state index in [1.807, 2.05) is 30.3 Å². The monoisotopic (exact) mass is 275 g/mol. The average Bonchev–Trinajstić information content (AvgIpc) is 2.37. The standard InChI is InChI=1S/C14H20F3NO/c15-14(16,17)11-19-10-6-2-5-9-13(18)12-7-3-1-4-8-12/h1,3-4,7-8,13H,2,5-6,9-11,18H2. The van der Waals surface area contributed by atoms with Crippen LogP contribution in [0.4, 0.5) is 13.2 Å². The molecule has 0 radical (unpaired) electrons. The molecule has 1 aromatic carbocycles. The molecule has 0 spiro atoms. The van der Waals surface area contributed by atoms with Crippen molar-refractivity contribution in [1.29, 1.82) is 0 Å². The number of hydrogen-bond acceptors (Lipinski definition) is 2. The zero-order valence-electron chi connectivity index (χ0n) is 10.8. The minimum absolute atomic E-state index is 0.00251. The maximum atomic E-state index is 11.8. The molecule has 5 heteroatoms. The fraction of sp³-hybridized carbons (Fsp3) is 0.571. The van der Waals surface area contributed by atoms with Gasteiger partial charge in [0.25, 0.3) is 0 Å². The molecular formula is C14H20F3NO. The molecule has 1 atom stereocenters. The van der Waals surface area contributed by atoms with Crippen LogP contribution in [0.2, 0.25) is 0 Å². The van der Waals surface area contributed by atoms with E-state index in [2.05, 4.69) is 4.74 Å². The third-order valence-electron chi connectivity index (χ3n) is 2.80. The third-order valence-corrected chi connectivity index (χ3v) is 2.80. The molecule has 1 unspecified atom stereocenters. The highest BCUT2D eigenvalue weighted by molar-refractivity contribution is 5.18. The van der Waals surface area contributed by atoms with Crippen LogP contribution < -0.4 is 5.73 Å². The highest BCUT2D eigenvalue weighted by atomic mass is 19.4. The van der Waals surface area contributed by atoms with Crippen molar-refractivity contribution in [3.63, 3.8) is 0 Å². The molecule has 0 fully saturated rings. The van der Waals surface area contributed by atoms with Gasteiger partial charge in [-0.2, -0.15) is 13.2 Å². The van der Waals surface area contributed by atoms with Crippen LogP contribution in [0.25, 0.3) is 0 Å². The normalized spacial score (nSPS) is 13.5. The first-order valence-corrected chi connectivity index (χ1v) is 6.44. The predicted molar refractivity (Wildman–Crippen MR) is 68.7 cm³/mol. The van der Waals surface area contributed by atoms with E-state index in [1.165, 1.54) is 0 Å². The first kappa shape index (κ1) is 16.0. The molecule has 0 amide bonds. The van der Waals surface area contributed by atoms with E-state index in [0.29, 0.717) is 6.42 Å². The molecule has 2 N–H and O–H groups in total. The lowest BCUT2D eigenvalue weighted by Gasteiger charge is -2.11. The van der Waals surface area contributed by atoms with Crippen molar-refractivity contribution in [3.05, 3.63) is 35.9 Å². The topological polar surface area (TPSA) is 35.2 Å². The van der Waals surface area contributed by atoms with Gasteiger partial charge in [-0.1, -0.05) is 43.2 Å². The van der Waals surface area contributed by atoms with Gasteiger partial charge in [-0.05, 0) is 18.4 Å². The van der Waals surface area contributed by atoms with Gasteiger partial charge in [0.2, 0.25) is 0 Å². The van der Waals surface area contributed by atoms with E-state index >= 15 is 0 Å². The van der Waals surface area contributed by atoms with Crippen molar-refractivity contribution in [1.82, 2.24) is 0 Å². The quantitative estimate of drug-likeness (QED) is 0.732. The summed E-state index contributed by atoms with van der Waals surface area (Å²) in [5.41, 5.74) is 7.11. The molecule has 19 heavy (non-hydrogen) atoms. The summed E-state index contributed by atoms with van der Waals surface area (Å²) in [6.07, 6.45) is -1.03. The van der Waals surface area contributed by atoms with E-state index in [4.69, 9.17) is 5.73 Å². The van der Waals surface area contributed by atoms with Crippen molar-refractivity contribution < 1.29 is 17.9 Å². The van der Waals surface area contributed by atoms with Gasteiger partial charge in [-0.25, -0.2) is 0 Å². The Bertz CT molecular complexity index is 340. The second-order valence-corrected chi connectivity index (χ2v) is 4.53. The summed E-state index contributed by atoms with van der Waals surface area (Å²) in [6.45, 7) is -1.00. The molecule has 2 nitrogen and oxygen atoms in total. The fourth-order valence-electron chi connectivity index (χ4n) is 1.80. The van der Waals surface area contributed by atoms with Gasteiger partial charge < -0.3 is 10.5 Å². The Kier molecular flexibility index (Phi) is 6.87. The minimum Gasteiger partial charge on any atom is -0.372 e. The average molecular weight is 275 g/mol. The smallest absolute Gasteiger partial charge is 0.372 e. The summed E-state index contributed by atoms with van der Waals surface area (Å²) in [6, 6.07) is 9.79. The maximum absolute atomic E-state index is 11.8. The molecule has 1 rings (SSSR count). The highest BCUT2D eigenvalue weighted by Gasteiger charge is 2.27. The van der Waals surface area contributed by atoms with Crippen LogP contribution in [-0.4, -0.2) is 19.4 Å². The number of nitrogens with two attached hydrogens (primary N) is 1. The summed E-state index contributed by atoms with van der Waals surface area (Å²) >= 11 is 0. The maximum Gasteiger partial charge on any atom is 0.411 e. The Morgan fingerprint density at radius 2 is 1.74 bits per heavy atom. The number of alkyl halides is 3. The lowest BCUT2D eigenvalue weighted by atomic mass is 10.0. The molecule has 0 aliphatic heterocycles. The van der Waals surface area contributed by atoms with Crippen molar-refractivity contribution in [2.24, 2.45) is 5.73 Å². The lowest BCUT2D eigenvalue weighted by Crippen LogP contribution is -2.17. The predicted octanol–water partition coefficient (Wildman–Crippen LogP) is 3.83. The van der Waals surface area contributed by atoms with Gasteiger partial charge in [0.05, 0.1) is 0 Å². The molecule has 0 bridgehead atoms. The summed E-state index contributed by atoms with van der Waals surface area (Å²) in [5, 5.41) is 0. The third kappa shape index (κ3) is 7.85. The van der Waals surface area contributed by atoms with E-state index in [0.717, 1.165) is 24.8 Å². The number of halogens is 3. The largest absolute Gasteiger partial charge is 0.411 e. The second-order valence-electron chi connectivity index (χ2n) is 4.53. The van der Waals surface area contributed by atoms with E-state index in [1.54, 1.807) is 0 Å². The number of benzene rings is 1. The first-order valence-electron chi connectivity index (χ1n) is 6.44. The van der Waals surface area contributed by atoms with Gasteiger partial charge in [0.1, 0.15) is 6.61 Å². The van der Waals surface area contributed by atoms with E-state index in [-0.39, 0.29) is 12.6 Å². The molecule has 0 aliphatic carbocycles. The van der Waals surface area contributed by atoms with Crippen LogP contribution in [0.1, 0.15) is 37.3 Å². The Balaban J connectivity index is 2.02. The summed E-state index contributed by atoms with van der Waals surface area (Å²) in [7, 11) is 0. The zero-order chi connectivity index (χ0) is 14.1. The van der Waals surface area contributed by atoms with Crippen molar-refractivity contribution in [3.8, 4) is 0 Å². The second kappa shape index (κ2) is 8.17.